The van der Waals surface area contributed by atoms with Gasteiger partial charge in [0.2, 0.25) is 0 Å². The highest BCUT2D eigenvalue weighted by Crippen LogP contribution is 2.27. The Kier molecular flexibility index (Phi) is 4.34. The van der Waals surface area contributed by atoms with Crippen molar-refractivity contribution in [2.24, 2.45) is 0 Å². The summed E-state index contributed by atoms with van der Waals surface area (Å²) >= 11 is 0. The molecule has 2 aromatic rings. The molecule has 1 aliphatic heterocycles. The molecule has 1 aliphatic rings. The molecule has 1 atom stereocenters. The van der Waals surface area contributed by atoms with Crippen LogP contribution in [0.3, 0.4) is 0 Å². The van der Waals surface area contributed by atoms with Crippen LogP contribution in [-0.4, -0.2) is 18.8 Å². The van der Waals surface area contributed by atoms with E-state index in [0.717, 1.165) is 17.5 Å². The molecule has 0 bridgehead atoms. The van der Waals surface area contributed by atoms with Crippen molar-refractivity contribution in [2.45, 2.75) is 25.7 Å². The fraction of sp³-hybridized carbons (Fsp3) is 0.333. The number of hydrogen-bond acceptors (Lipinski definition) is 3. The standard InChI is InChI=1S/C18H20O3/c1-20-9-8-13-2-4-14(5-3-13)18(19)15-6-7-16-11-21-12-17(16)10-15/h2-7,10,18-19H,8-9,11-12H2,1H3. The quantitative estimate of drug-likeness (QED) is 0.917. The van der Waals surface area contributed by atoms with E-state index in [2.05, 4.69) is 0 Å². The van der Waals surface area contributed by atoms with Crippen LogP contribution in [-0.2, 0) is 29.1 Å². The lowest BCUT2D eigenvalue weighted by Crippen LogP contribution is -2.01. The zero-order chi connectivity index (χ0) is 14.7. The van der Waals surface area contributed by atoms with Crippen molar-refractivity contribution < 1.29 is 14.6 Å². The lowest BCUT2D eigenvalue weighted by Gasteiger charge is -2.13. The summed E-state index contributed by atoms with van der Waals surface area (Å²) < 4.78 is 10.5. The van der Waals surface area contributed by atoms with Crippen LogP contribution in [0.1, 0.15) is 33.9 Å². The van der Waals surface area contributed by atoms with Crippen LogP contribution in [0.2, 0.25) is 0 Å². The minimum atomic E-state index is -0.590. The summed E-state index contributed by atoms with van der Waals surface area (Å²) in [5.41, 5.74) is 5.46. The average molecular weight is 284 g/mol. The van der Waals surface area contributed by atoms with Gasteiger partial charge in [-0.1, -0.05) is 42.5 Å². The molecule has 0 fully saturated rings. The summed E-state index contributed by atoms with van der Waals surface area (Å²) in [5.74, 6) is 0. The van der Waals surface area contributed by atoms with Crippen molar-refractivity contribution in [1.29, 1.82) is 0 Å². The molecule has 1 N–H and O–H groups in total. The second-order valence-corrected chi connectivity index (χ2v) is 5.41. The van der Waals surface area contributed by atoms with Gasteiger partial charge in [0, 0.05) is 7.11 Å². The third kappa shape index (κ3) is 3.16. The summed E-state index contributed by atoms with van der Waals surface area (Å²) in [4.78, 5) is 0. The first-order valence-corrected chi connectivity index (χ1v) is 7.23. The van der Waals surface area contributed by atoms with Crippen LogP contribution in [0.25, 0.3) is 0 Å². The molecule has 0 amide bonds. The van der Waals surface area contributed by atoms with Gasteiger partial charge >= 0.3 is 0 Å². The molecule has 21 heavy (non-hydrogen) atoms. The highest BCUT2D eigenvalue weighted by Gasteiger charge is 2.16. The predicted octanol–water partition coefficient (Wildman–Crippen LogP) is 2.99. The van der Waals surface area contributed by atoms with Crippen LogP contribution in [0, 0.1) is 0 Å². The van der Waals surface area contributed by atoms with Gasteiger partial charge in [-0.05, 0) is 34.2 Å². The Morgan fingerprint density at radius 1 is 1.05 bits per heavy atom. The highest BCUT2D eigenvalue weighted by atomic mass is 16.5. The van der Waals surface area contributed by atoms with Crippen LogP contribution in [0.15, 0.2) is 42.5 Å². The van der Waals surface area contributed by atoms with Crippen LogP contribution < -0.4 is 0 Å². The molecular weight excluding hydrogens is 264 g/mol. The van der Waals surface area contributed by atoms with E-state index in [1.165, 1.54) is 16.7 Å². The summed E-state index contributed by atoms with van der Waals surface area (Å²) in [6.07, 6.45) is 0.302. The minimum Gasteiger partial charge on any atom is -0.384 e. The fourth-order valence-electron chi connectivity index (χ4n) is 2.64. The third-order valence-corrected chi connectivity index (χ3v) is 3.95. The topological polar surface area (TPSA) is 38.7 Å². The first-order valence-electron chi connectivity index (χ1n) is 7.23. The first kappa shape index (κ1) is 14.3. The monoisotopic (exact) mass is 284 g/mol. The Labute approximate surface area is 125 Å². The molecule has 0 aliphatic carbocycles. The van der Waals surface area contributed by atoms with E-state index >= 15 is 0 Å². The molecule has 1 unspecified atom stereocenters. The molecule has 2 aromatic carbocycles. The molecule has 3 nitrogen and oxygen atoms in total. The minimum absolute atomic E-state index is 0.590. The number of ether oxygens (including phenoxy) is 2. The van der Waals surface area contributed by atoms with Crippen LogP contribution >= 0.6 is 0 Å². The number of methoxy groups -OCH3 is 1. The van der Waals surface area contributed by atoms with Crippen molar-refractivity contribution in [1.82, 2.24) is 0 Å². The predicted molar refractivity (Wildman–Crippen MR) is 81.0 cm³/mol. The Bertz CT molecular complexity index is 604. The molecule has 0 radical (unpaired) electrons. The maximum Gasteiger partial charge on any atom is 0.104 e. The van der Waals surface area contributed by atoms with Gasteiger partial charge in [-0.2, -0.15) is 0 Å². The molecule has 0 saturated heterocycles. The van der Waals surface area contributed by atoms with Gasteiger partial charge in [-0.3, -0.25) is 0 Å². The Morgan fingerprint density at radius 2 is 1.76 bits per heavy atom. The van der Waals surface area contributed by atoms with E-state index in [-0.39, 0.29) is 0 Å². The number of rotatable bonds is 5. The van der Waals surface area contributed by atoms with Crippen molar-refractivity contribution in [2.75, 3.05) is 13.7 Å². The van der Waals surface area contributed by atoms with Gasteiger partial charge in [-0.25, -0.2) is 0 Å². The lowest BCUT2D eigenvalue weighted by molar-refractivity contribution is 0.134. The van der Waals surface area contributed by atoms with Gasteiger partial charge < -0.3 is 14.6 Å². The van der Waals surface area contributed by atoms with Gasteiger partial charge in [-0.15, -0.1) is 0 Å². The van der Waals surface area contributed by atoms with E-state index in [1.54, 1.807) is 7.11 Å². The molecule has 0 saturated carbocycles. The Balaban J connectivity index is 1.76. The summed E-state index contributed by atoms with van der Waals surface area (Å²) in [7, 11) is 1.70. The number of fused-ring (bicyclic) bond motifs is 1. The van der Waals surface area contributed by atoms with E-state index in [4.69, 9.17) is 9.47 Å². The van der Waals surface area contributed by atoms with E-state index in [9.17, 15) is 5.11 Å². The summed E-state index contributed by atoms with van der Waals surface area (Å²) in [6, 6.07) is 14.2. The SMILES string of the molecule is COCCc1ccc(C(O)c2ccc3c(c2)COC3)cc1. The second-order valence-electron chi connectivity index (χ2n) is 5.41. The molecule has 0 aromatic heterocycles. The van der Waals surface area contributed by atoms with Crippen LogP contribution in [0.5, 0.6) is 0 Å². The van der Waals surface area contributed by atoms with Gasteiger partial charge in [0.05, 0.1) is 19.8 Å². The zero-order valence-corrected chi connectivity index (χ0v) is 12.2. The normalized spacial score (nSPS) is 15.0. The molecule has 110 valence electrons. The summed E-state index contributed by atoms with van der Waals surface area (Å²) in [6.45, 7) is 2.04. The smallest absolute Gasteiger partial charge is 0.104 e. The molecule has 1 heterocycles. The number of hydrogen-bond donors (Lipinski definition) is 1. The van der Waals surface area contributed by atoms with Gasteiger partial charge in [0.15, 0.2) is 0 Å². The third-order valence-electron chi connectivity index (χ3n) is 3.95. The van der Waals surface area contributed by atoms with Gasteiger partial charge in [0.25, 0.3) is 0 Å². The van der Waals surface area contributed by atoms with Crippen molar-refractivity contribution in [3.05, 3.63) is 70.3 Å². The van der Waals surface area contributed by atoms with E-state index < -0.39 is 6.10 Å². The van der Waals surface area contributed by atoms with Gasteiger partial charge in [0.1, 0.15) is 6.10 Å². The van der Waals surface area contributed by atoms with E-state index in [0.29, 0.717) is 19.8 Å². The molecule has 3 rings (SSSR count). The highest BCUT2D eigenvalue weighted by molar-refractivity contribution is 5.38. The maximum absolute atomic E-state index is 10.5. The number of benzene rings is 2. The molecule has 0 spiro atoms. The van der Waals surface area contributed by atoms with Crippen molar-refractivity contribution in [3.8, 4) is 0 Å². The van der Waals surface area contributed by atoms with Crippen molar-refractivity contribution in [3.63, 3.8) is 0 Å². The average Bonchev–Trinajstić information content (AvgIpc) is 3.00. The largest absolute Gasteiger partial charge is 0.384 e. The number of aliphatic hydroxyl groups is 1. The molecule has 3 heteroatoms. The first-order chi connectivity index (χ1) is 10.3. The zero-order valence-electron chi connectivity index (χ0n) is 12.2. The Hall–Kier alpha value is -1.68. The lowest BCUT2D eigenvalue weighted by atomic mass is 9.97. The fourth-order valence-corrected chi connectivity index (χ4v) is 2.64. The summed E-state index contributed by atoms with van der Waals surface area (Å²) in [5, 5.41) is 10.5. The van der Waals surface area contributed by atoms with E-state index in [1.807, 2.05) is 42.5 Å². The second kappa shape index (κ2) is 6.39. The maximum atomic E-state index is 10.5. The van der Waals surface area contributed by atoms with Crippen LogP contribution in [0.4, 0.5) is 0 Å². The molecular formula is C18H20O3. The Morgan fingerprint density at radius 3 is 2.52 bits per heavy atom. The number of aliphatic hydroxyl groups excluding tert-OH is 1. The van der Waals surface area contributed by atoms with Crippen molar-refractivity contribution >= 4 is 0 Å².